The van der Waals surface area contributed by atoms with E-state index in [4.69, 9.17) is 151 Å². The summed E-state index contributed by atoms with van der Waals surface area (Å²) in [5.74, 6) is -7.55. The number of hydrogen-bond acceptors (Lipinski definition) is 39. The summed E-state index contributed by atoms with van der Waals surface area (Å²) in [7, 11) is 6.56. The normalized spacial score (nSPS) is 45.1. The first-order valence-electron chi connectivity index (χ1n) is 37.8. The fourth-order valence-corrected chi connectivity index (χ4v) is 18.1. The molecule has 0 saturated carbocycles. The lowest BCUT2D eigenvalue weighted by atomic mass is 9.85. The number of fused-ring (bicyclic) bond motifs is 4. The number of nitro groups is 1. The Hall–Kier alpha value is -4.60. The fourth-order valence-electron chi connectivity index (χ4n) is 17.6. The van der Waals surface area contributed by atoms with Gasteiger partial charge in [0.1, 0.15) is 131 Å². The summed E-state index contributed by atoms with van der Waals surface area (Å²) in [5, 5.41) is 103. The van der Waals surface area contributed by atoms with Crippen LogP contribution in [-0.4, -0.2) is 346 Å². The maximum Gasteiger partial charge on any atom is 0.342 e. The van der Waals surface area contributed by atoms with Gasteiger partial charge in [-0.1, -0.05) is 23.2 Å². The van der Waals surface area contributed by atoms with Crippen LogP contribution in [0.15, 0.2) is 12.1 Å². The number of aliphatic hydroxyl groups is 5. The molecule has 11 heterocycles. The first kappa shape index (κ1) is 88.2. The molecule has 648 valence electrons. The van der Waals surface area contributed by atoms with E-state index in [1.807, 2.05) is 0 Å². The van der Waals surface area contributed by atoms with Gasteiger partial charge in [-0.05, 0) is 79.5 Å². The Morgan fingerprint density at radius 2 is 1.37 bits per heavy atom. The number of rotatable bonds is 24. The van der Waals surface area contributed by atoms with Gasteiger partial charge in [0.2, 0.25) is 0 Å². The Kier molecular flexibility index (Phi) is 26.6. The van der Waals surface area contributed by atoms with Gasteiger partial charge in [0.25, 0.3) is 11.5 Å². The van der Waals surface area contributed by atoms with E-state index in [0.29, 0.717) is 0 Å². The molecular formula is C73H103Cl2NO39. The number of nitrogens with zero attached hydrogens (tertiary/aromatic N) is 1. The predicted molar refractivity (Wildman–Crippen MR) is 378 cm³/mol. The summed E-state index contributed by atoms with van der Waals surface area (Å²) in [4.78, 5) is 40.0. The molecule has 8 N–H and O–H groups in total. The number of methoxy groups -OCH3 is 5. The van der Waals surface area contributed by atoms with Gasteiger partial charge in [-0.15, -0.1) is 0 Å². The molecular weight excluding hydrogens is 1590 g/mol. The molecule has 115 heavy (non-hydrogen) atoms. The molecule has 35 atom stereocenters. The number of aromatic hydroxyl groups is 3. The van der Waals surface area contributed by atoms with Crippen LogP contribution in [0.2, 0.25) is 10.0 Å². The highest BCUT2D eigenvalue weighted by Crippen LogP contribution is 2.54. The number of carbonyl (C=O) groups is 2. The van der Waals surface area contributed by atoms with Crippen molar-refractivity contribution < 1.29 is 183 Å². The number of benzene rings is 2. The highest BCUT2D eigenvalue weighted by Gasteiger charge is 2.71. The first-order chi connectivity index (χ1) is 54.4. The zero-order valence-corrected chi connectivity index (χ0v) is 67.3. The molecule has 11 aliphatic heterocycles. The zero-order valence-electron chi connectivity index (χ0n) is 65.8. The number of aliphatic hydroxyl groups excluding tert-OH is 4. The molecule has 40 nitrogen and oxygen atoms in total. The van der Waals surface area contributed by atoms with Crippen LogP contribution >= 0.6 is 23.2 Å². The summed E-state index contributed by atoms with van der Waals surface area (Å²) in [6.07, 6.45) is -38.8. The molecule has 0 amide bonds. The van der Waals surface area contributed by atoms with E-state index >= 15 is 0 Å². The fraction of sp³-hybridized carbons (Fsp3) is 0.808. The second kappa shape index (κ2) is 34.7. The summed E-state index contributed by atoms with van der Waals surface area (Å²) in [5.41, 5.74) is -5.83. The summed E-state index contributed by atoms with van der Waals surface area (Å²) in [6, 6.07) is 2.29. The van der Waals surface area contributed by atoms with E-state index in [-0.39, 0.29) is 89.9 Å². The summed E-state index contributed by atoms with van der Waals surface area (Å²) in [6.45, 7) is 13.4. The van der Waals surface area contributed by atoms with Gasteiger partial charge in [0.05, 0.1) is 94.6 Å². The van der Waals surface area contributed by atoms with Crippen molar-refractivity contribution in [3.8, 4) is 23.0 Å². The monoisotopic (exact) mass is 1690 g/mol. The van der Waals surface area contributed by atoms with E-state index in [1.54, 1.807) is 34.6 Å². The average molecular weight is 1690 g/mol. The van der Waals surface area contributed by atoms with Crippen molar-refractivity contribution >= 4 is 35.1 Å². The minimum Gasteiger partial charge on any atom is -0.508 e. The van der Waals surface area contributed by atoms with E-state index in [1.165, 1.54) is 76.2 Å². The zero-order chi connectivity index (χ0) is 83.2. The lowest BCUT2D eigenvalue weighted by Crippen LogP contribution is -2.71. The molecule has 11 aliphatic rings. The Morgan fingerprint density at radius 3 is 2.03 bits per heavy atom. The molecule has 42 heteroatoms. The van der Waals surface area contributed by atoms with Gasteiger partial charge in [-0.25, -0.2) is 9.59 Å². The minimum absolute atomic E-state index is 0.0686. The van der Waals surface area contributed by atoms with Crippen molar-refractivity contribution in [3.05, 3.63) is 54.5 Å². The van der Waals surface area contributed by atoms with Crippen molar-refractivity contribution in [2.45, 2.75) is 301 Å². The standard InChI is InChI=1S/C73H103Cl2NO39/c1-27-18-34(78)19-35(79)43(27)63(84)104-39-25-98-73(62-54(39)96-26-97-62)112-40-24-95-65(57(53(40)113-73)94-17-16-77)110-66-56(92-14)48(82)52(38(105-66)23-89-11)108-68-70(9,86)61(51(90-12)30(4)102-68)109-67-58(83)71(10)60(33(7)101-67)114-72(115-71)21-36(80)49(31(5)111-72)106-41-20-37(103-42-22-69(8,76(87)88)59(93-15)32(6)100-42)50(29(3)99-41)107-64(85)44-28(2)45(74)47(81)46(75)55(44)91-13/h18-19,29-33,36-42,48-54,56-62,65-68,77-83,86H,16-17,20-26H2,1-15H3/t29-,30-,31-,32+,33-,36-,37-,38-,39-,40+,41+,42+,48+,49-,50-,51+,52-,53-,54+,56+,57-,58-,59+,60-,61+,62-,65+,66+,67+,68+,69+,70-,71-,72-,73-/m1/s1. The van der Waals surface area contributed by atoms with Crippen LogP contribution in [0.3, 0.4) is 0 Å². The van der Waals surface area contributed by atoms with Crippen LogP contribution in [0.4, 0.5) is 0 Å². The number of carbonyl (C=O) groups excluding carboxylic acids is 2. The van der Waals surface area contributed by atoms with Gasteiger partial charge < -0.3 is 169 Å². The molecule has 0 radical (unpaired) electrons. The van der Waals surface area contributed by atoms with Crippen LogP contribution < -0.4 is 4.74 Å². The highest BCUT2D eigenvalue weighted by molar-refractivity contribution is 6.39. The van der Waals surface area contributed by atoms with Crippen LogP contribution in [0.1, 0.15) is 106 Å². The number of phenolic OH excluding ortho intramolecular Hbond substituents is 3. The smallest absolute Gasteiger partial charge is 0.342 e. The van der Waals surface area contributed by atoms with Crippen molar-refractivity contribution in [2.24, 2.45) is 0 Å². The largest absolute Gasteiger partial charge is 0.508 e. The Morgan fingerprint density at radius 1 is 0.652 bits per heavy atom. The third-order valence-corrected chi connectivity index (χ3v) is 24.1. The molecule has 11 fully saturated rings. The molecule has 2 aromatic rings. The number of aryl methyl sites for hydroxylation is 1. The van der Waals surface area contributed by atoms with E-state index < -0.39 is 254 Å². The van der Waals surface area contributed by atoms with E-state index in [2.05, 4.69) is 0 Å². The van der Waals surface area contributed by atoms with E-state index in [0.717, 1.165) is 6.07 Å². The number of phenols is 3. The van der Waals surface area contributed by atoms with Crippen molar-refractivity contribution in [1.82, 2.24) is 0 Å². The number of ether oxygens (including phenoxy) is 27. The second-order valence-electron chi connectivity index (χ2n) is 31.1. The molecule has 0 unspecified atom stereocenters. The van der Waals surface area contributed by atoms with Crippen LogP contribution in [0.5, 0.6) is 23.0 Å². The molecule has 13 rings (SSSR count). The lowest BCUT2D eigenvalue weighted by molar-refractivity contribution is -0.595. The minimum atomic E-state index is -2.26. The van der Waals surface area contributed by atoms with Crippen molar-refractivity contribution in [1.29, 1.82) is 0 Å². The maximum atomic E-state index is 14.3. The quantitative estimate of drug-likeness (QED) is 0.0421. The summed E-state index contributed by atoms with van der Waals surface area (Å²) < 4.78 is 168. The summed E-state index contributed by atoms with van der Waals surface area (Å²) >= 11 is 12.8. The molecule has 11 saturated heterocycles. The number of halogens is 2. The Bertz CT molecular complexity index is 3740. The van der Waals surface area contributed by atoms with Gasteiger partial charge in [-0.3, -0.25) is 10.1 Å². The van der Waals surface area contributed by atoms with Gasteiger partial charge in [0.15, 0.2) is 73.7 Å². The Labute approximate surface area is 670 Å². The number of hydrogen-bond donors (Lipinski definition) is 8. The van der Waals surface area contributed by atoms with E-state index in [9.17, 15) is 60.6 Å². The predicted octanol–water partition coefficient (Wildman–Crippen LogP) is 1.67. The van der Waals surface area contributed by atoms with Gasteiger partial charge >= 0.3 is 17.9 Å². The molecule has 0 aliphatic carbocycles. The first-order valence-corrected chi connectivity index (χ1v) is 38.5. The average Bonchev–Trinajstić information content (AvgIpc) is 1.58. The highest BCUT2D eigenvalue weighted by atomic mass is 35.5. The number of esters is 2. The molecule has 0 aromatic heterocycles. The molecule has 2 aromatic carbocycles. The maximum absolute atomic E-state index is 14.3. The van der Waals surface area contributed by atoms with Gasteiger partial charge in [0, 0.05) is 52.8 Å². The lowest BCUT2D eigenvalue weighted by Gasteiger charge is -2.53. The molecule has 0 bridgehead atoms. The topological polar surface area (TPSA) is 488 Å². The third kappa shape index (κ3) is 16.4. The SMILES string of the molecule is COC[C@H]1O[C@@H](O[C@@H]2OC[C@@H]3O[C@@]4(OC[C@@H](OC(=O)c5c(C)cc(O)cc5O)[C@@H]5OCO[C@H]54)O[C@H]3[C@H]2OCCO)[C@@H](OC)[C@@H](O)[C@@H]1O[C@@H]1O[C@H](C)[C@H](OC)[C@H](O[C@@H]2O[C@H](C)[C@H]3O[C@]4(C[C@@H](O)[C@H](O[C@H]5C[C@@H](O[C@H]6C[C@](C)([N+](=O)[O-])[C@@H](OC)[C@H](C)O6)[C@H](OC(=O)c6c(C)c(Cl)c(O)c(Cl)c6OC)[C@@H](C)O5)[C@@H](C)O4)O[C@]3(C)[C@@H]2O)[C@@]1(C)O. The molecule has 2 spiro atoms. The van der Waals surface area contributed by atoms with Crippen LogP contribution in [0, 0.1) is 24.0 Å². The Balaban J connectivity index is 0.662. The van der Waals surface area contributed by atoms with Crippen LogP contribution in [0.25, 0.3) is 0 Å². The van der Waals surface area contributed by atoms with Crippen LogP contribution in [-0.2, 0) is 123 Å². The second-order valence-corrected chi connectivity index (χ2v) is 31.9. The van der Waals surface area contributed by atoms with Crippen molar-refractivity contribution in [2.75, 3.05) is 75.4 Å². The van der Waals surface area contributed by atoms with Crippen molar-refractivity contribution in [3.63, 3.8) is 0 Å². The third-order valence-electron chi connectivity index (χ3n) is 23.3. The van der Waals surface area contributed by atoms with Gasteiger partial charge in [-0.2, -0.15) is 0 Å².